The summed E-state index contributed by atoms with van der Waals surface area (Å²) in [5.74, 6) is 0.936. The first-order valence-electron chi connectivity index (χ1n) is 8.32. The highest BCUT2D eigenvalue weighted by Crippen LogP contribution is 2.37. The van der Waals surface area contributed by atoms with Crippen LogP contribution in [0, 0.1) is 11.3 Å². The minimum Gasteiger partial charge on any atom is -0.493 e. The molecular formula is C20H18N4O3S. The first-order chi connectivity index (χ1) is 13.6. The molecule has 7 nitrogen and oxygen atoms in total. The number of hydrogen-bond donors (Lipinski definition) is 2. The number of hydrogen-bond acceptors (Lipinski definition) is 8. The molecule has 0 radical (unpaired) electrons. The van der Waals surface area contributed by atoms with Crippen LogP contribution in [-0.4, -0.2) is 25.0 Å². The number of nitrogens with two attached hydrogens (primary N) is 1. The normalized spacial score (nSPS) is 10.2. The number of nitrogens with one attached hydrogen (secondary N) is 1. The quantitative estimate of drug-likeness (QED) is 0.590. The van der Waals surface area contributed by atoms with Crippen molar-refractivity contribution in [3.8, 4) is 17.6 Å². The molecule has 0 amide bonds. The van der Waals surface area contributed by atoms with E-state index < -0.39 is 0 Å². The van der Waals surface area contributed by atoms with Gasteiger partial charge in [-0.25, -0.2) is 0 Å². The Bertz CT molecular complexity index is 1040. The highest BCUT2D eigenvalue weighted by atomic mass is 32.1. The van der Waals surface area contributed by atoms with Crippen LogP contribution in [-0.2, 0) is 6.54 Å². The van der Waals surface area contributed by atoms with Gasteiger partial charge < -0.3 is 20.5 Å². The van der Waals surface area contributed by atoms with E-state index in [9.17, 15) is 10.1 Å². The van der Waals surface area contributed by atoms with Crippen LogP contribution in [0.4, 0.5) is 10.7 Å². The van der Waals surface area contributed by atoms with E-state index in [1.807, 2.05) is 12.1 Å². The molecule has 3 rings (SSSR count). The number of carbonyl (C=O) groups excluding carboxylic acids is 1. The third-order valence-corrected chi connectivity index (χ3v) is 5.22. The fraction of sp³-hybridized carbons (Fsp3) is 0.150. The third-order valence-electron chi connectivity index (χ3n) is 4.06. The van der Waals surface area contributed by atoms with Crippen LogP contribution in [0.25, 0.3) is 0 Å². The average molecular weight is 394 g/mol. The van der Waals surface area contributed by atoms with E-state index in [4.69, 9.17) is 15.2 Å². The lowest BCUT2D eigenvalue weighted by Gasteiger charge is -2.10. The Kier molecular flexibility index (Phi) is 5.77. The Hall–Kier alpha value is -3.57. The number of benzene rings is 1. The largest absolute Gasteiger partial charge is 0.493 e. The van der Waals surface area contributed by atoms with Crippen molar-refractivity contribution in [1.82, 2.24) is 4.98 Å². The number of anilines is 2. The van der Waals surface area contributed by atoms with Crippen molar-refractivity contribution >= 4 is 27.8 Å². The molecule has 2 heterocycles. The van der Waals surface area contributed by atoms with Gasteiger partial charge in [-0.3, -0.25) is 9.78 Å². The standard InChI is InChI=1S/C20H18N4O3S/c1-26-15-7-6-12(9-16(15)27-2)11-24-20-13(10-21)17(22)19(28-20)18(25)14-5-3-4-8-23-14/h3-9,24H,11,22H2,1-2H3. The Morgan fingerprint density at radius 2 is 2.04 bits per heavy atom. The van der Waals surface area contributed by atoms with Crippen molar-refractivity contribution in [1.29, 1.82) is 5.26 Å². The van der Waals surface area contributed by atoms with Crippen molar-refractivity contribution in [3.63, 3.8) is 0 Å². The van der Waals surface area contributed by atoms with Gasteiger partial charge in [0.25, 0.3) is 0 Å². The minimum atomic E-state index is -0.307. The Labute approximate surface area is 166 Å². The van der Waals surface area contributed by atoms with Crippen LogP contribution in [0.3, 0.4) is 0 Å². The van der Waals surface area contributed by atoms with Gasteiger partial charge in [-0.05, 0) is 29.8 Å². The number of ether oxygens (including phenoxy) is 2. The summed E-state index contributed by atoms with van der Waals surface area (Å²) in [4.78, 5) is 17.0. The van der Waals surface area contributed by atoms with E-state index in [0.717, 1.165) is 16.9 Å². The van der Waals surface area contributed by atoms with Gasteiger partial charge >= 0.3 is 0 Å². The zero-order valence-electron chi connectivity index (χ0n) is 15.4. The summed E-state index contributed by atoms with van der Waals surface area (Å²) in [5, 5.41) is 13.2. The summed E-state index contributed by atoms with van der Waals surface area (Å²) in [6, 6.07) is 12.7. The van der Waals surface area contributed by atoms with E-state index in [1.165, 1.54) is 0 Å². The molecule has 0 spiro atoms. The van der Waals surface area contributed by atoms with Gasteiger partial charge in [0.2, 0.25) is 5.78 Å². The predicted octanol–water partition coefficient (Wildman–Crippen LogP) is 3.46. The first-order valence-corrected chi connectivity index (χ1v) is 9.13. The molecule has 2 aromatic heterocycles. The second kappa shape index (κ2) is 8.41. The second-order valence-corrected chi connectivity index (χ2v) is 6.77. The molecule has 0 aliphatic carbocycles. The number of rotatable bonds is 7. The van der Waals surface area contributed by atoms with E-state index in [1.54, 1.807) is 44.7 Å². The van der Waals surface area contributed by atoms with Crippen LogP contribution in [0.2, 0.25) is 0 Å². The molecule has 3 N–H and O–H groups in total. The molecule has 1 aromatic carbocycles. The first kappa shape index (κ1) is 19.2. The van der Waals surface area contributed by atoms with E-state index >= 15 is 0 Å². The molecule has 0 aliphatic rings. The number of thiophene rings is 1. The van der Waals surface area contributed by atoms with E-state index in [2.05, 4.69) is 16.4 Å². The van der Waals surface area contributed by atoms with Crippen molar-refractivity contribution < 1.29 is 14.3 Å². The van der Waals surface area contributed by atoms with Crippen LogP contribution in [0.1, 0.15) is 26.5 Å². The van der Waals surface area contributed by atoms with Gasteiger partial charge in [-0.15, -0.1) is 11.3 Å². The number of pyridine rings is 1. The van der Waals surface area contributed by atoms with Crippen molar-refractivity contribution in [2.75, 3.05) is 25.3 Å². The van der Waals surface area contributed by atoms with Gasteiger partial charge in [0, 0.05) is 12.7 Å². The molecule has 28 heavy (non-hydrogen) atoms. The number of nitrogen functional groups attached to an aromatic ring is 1. The summed E-state index contributed by atoms with van der Waals surface area (Å²) in [6.07, 6.45) is 1.54. The molecule has 3 aromatic rings. The smallest absolute Gasteiger partial charge is 0.223 e. The Morgan fingerprint density at radius 1 is 1.25 bits per heavy atom. The average Bonchev–Trinajstić information content (AvgIpc) is 3.07. The molecule has 0 bridgehead atoms. The van der Waals surface area contributed by atoms with E-state index in [-0.39, 0.29) is 22.7 Å². The lowest BCUT2D eigenvalue weighted by molar-refractivity contribution is 0.103. The molecule has 0 unspecified atom stereocenters. The number of carbonyl (C=O) groups is 1. The molecular weight excluding hydrogens is 376 g/mol. The number of nitriles is 1. The topological polar surface area (TPSA) is 110 Å². The fourth-order valence-corrected chi connectivity index (χ4v) is 3.65. The Balaban J connectivity index is 1.85. The zero-order valence-corrected chi connectivity index (χ0v) is 16.2. The lowest BCUT2D eigenvalue weighted by atomic mass is 10.1. The predicted molar refractivity (Wildman–Crippen MR) is 108 cm³/mol. The maximum atomic E-state index is 12.7. The monoisotopic (exact) mass is 394 g/mol. The van der Waals surface area contributed by atoms with Crippen molar-refractivity contribution in [2.45, 2.75) is 6.54 Å². The van der Waals surface area contributed by atoms with Gasteiger partial charge in [-0.2, -0.15) is 5.26 Å². The number of ketones is 1. The summed E-state index contributed by atoms with van der Waals surface area (Å²) in [5.41, 5.74) is 7.69. The van der Waals surface area contributed by atoms with Crippen LogP contribution < -0.4 is 20.5 Å². The van der Waals surface area contributed by atoms with Crippen LogP contribution in [0.15, 0.2) is 42.6 Å². The molecule has 142 valence electrons. The van der Waals surface area contributed by atoms with Gasteiger partial charge in [0.1, 0.15) is 27.2 Å². The number of aromatic nitrogens is 1. The highest BCUT2D eigenvalue weighted by molar-refractivity contribution is 7.19. The molecule has 0 fully saturated rings. The van der Waals surface area contributed by atoms with Crippen molar-refractivity contribution in [3.05, 3.63) is 64.3 Å². The molecule has 0 atom stereocenters. The highest BCUT2D eigenvalue weighted by Gasteiger charge is 2.22. The summed E-state index contributed by atoms with van der Waals surface area (Å²) in [7, 11) is 3.14. The van der Waals surface area contributed by atoms with Crippen molar-refractivity contribution in [2.24, 2.45) is 0 Å². The van der Waals surface area contributed by atoms with Crippen LogP contribution in [0.5, 0.6) is 11.5 Å². The number of methoxy groups -OCH3 is 2. The second-order valence-electron chi connectivity index (χ2n) is 5.75. The molecule has 0 saturated carbocycles. The summed E-state index contributed by atoms with van der Waals surface area (Å²) < 4.78 is 10.5. The maximum absolute atomic E-state index is 12.7. The zero-order chi connectivity index (χ0) is 20.1. The van der Waals surface area contributed by atoms with Gasteiger partial charge in [0.05, 0.1) is 19.9 Å². The lowest BCUT2D eigenvalue weighted by Crippen LogP contribution is -2.04. The van der Waals surface area contributed by atoms with E-state index in [0.29, 0.717) is 27.9 Å². The van der Waals surface area contributed by atoms with Crippen LogP contribution >= 0.6 is 11.3 Å². The minimum absolute atomic E-state index is 0.165. The number of nitrogens with zero attached hydrogens (tertiary/aromatic N) is 2. The Morgan fingerprint density at radius 3 is 2.68 bits per heavy atom. The van der Waals surface area contributed by atoms with Gasteiger partial charge in [-0.1, -0.05) is 12.1 Å². The molecule has 0 aliphatic heterocycles. The summed E-state index contributed by atoms with van der Waals surface area (Å²) in [6.45, 7) is 0.423. The SMILES string of the molecule is COc1ccc(CNc2sc(C(=O)c3ccccn3)c(N)c2C#N)cc1OC. The summed E-state index contributed by atoms with van der Waals surface area (Å²) >= 11 is 1.15. The molecule has 0 saturated heterocycles. The fourth-order valence-electron chi connectivity index (χ4n) is 2.63. The third kappa shape index (κ3) is 3.75. The van der Waals surface area contributed by atoms with Gasteiger partial charge in [0.15, 0.2) is 11.5 Å². The maximum Gasteiger partial charge on any atom is 0.223 e. The molecule has 8 heteroatoms.